The molecule has 5 rings (SSSR count). The second-order valence-electron chi connectivity index (χ2n) is 8.86. The van der Waals surface area contributed by atoms with Gasteiger partial charge in [0.1, 0.15) is 11.5 Å². The van der Waals surface area contributed by atoms with E-state index < -0.39 is 5.79 Å². The van der Waals surface area contributed by atoms with Crippen LogP contribution in [0.4, 0.5) is 15.8 Å². The summed E-state index contributed by atoms with van der Waals surface area (Å²) in [5.74, 6) is -1.84. The Morgan fingerprint density at radius 3 is 2.39 bits per heavy atom. The van der Waals surface area contributed by atoms with Crippen molar-refractivity contribution in [1.29, 1.82) is 0 Å². The maximum absolute atomic E-state index is 14.5. The number of anilines is 2. The molecule has 8 heteroatoms. The van der Waals surface area contributed by atoms with E-state index in [1.54, 1.807) is 60.0 Å². The lowest BCUT2D eigenvalue weighted by molar-refractivity contribution is -0.156. The molecule has 3 aromatic carbocycles. The van der Waals surface area contributed by atoms with Crippen molar-refractivity contribution in [2.45, 2.75) is 25.7 Å². The zero-order valence-electron chi connectivity index (χ0n) is 19.8. The number of para-hydroxylation sites is 1. The van der Waals surface area contributed by atoms with Gasteiger partial charge in [-0.05, 0) is 49.4 Å². The zero-order chi connectivity index (χ0) is 25.1. The van der Waals surface area contributed by atoms with Gasteiger partial charge in [-0.3, -0.25) is 9.59 Å². The van der Waals surface area contributed by atoms with Gasteiger partial charge in [-0.15, -0.1) is 0 Å². The molecule has 7 nitrogen and oxygen atoms in total. The molecule has 1 saturated heterocycles. The minimum atomic E-state index is -0.931. The van der Waals surface area contributed by atoms with Crippen molar-refractivity contribution in [3.8, 4) is 0 Å². The maximum Gasteiger partial charge on any atom is 0.272 e. The van der Waals surface area contributed by atoms with E-state index in [4.69, 9.17) is 9.47 Å². The number of carbonyl (C=O) groups is 2. The molecule has 0 unspecified atom stereocenters. The summed E-state index contributed by atoms with van der Waals surface area (Å²) in [5, 5.41) is 6.51. The van der Waals surface area contributed by atoms with Crippen LogP contribution in [-0.4, -0.2) is 35.4 Å². The minimum Gasteiger partial charge on any atom is -0.347 e. The van der Waals surface area contributed by atoms with Gasteiger partial charge in [-0.25, -0.2) is 4.39 Å². The van der Waals surface area contributed by atoms with Crippen molar-refractivity contribution in [3.05, 3.63) is 95.9 Å². The SMILES string of the molecule is CC1(CC(=O)Nc2ccc3c(c2)cc(C(=O)Nc2ccccc2)n3Cc2ccccc2F)OCCO1. The molecule has 0 bridgehead atoms. The zero-order valence-corrected chi connectivity index (χ0v) is 19.8. The van der Waals surface area contributed by atoms with Gasteiger partial charge in [0.2, 0.25) is 5.91 Å². The highest BCUT2D eigenvalue weighted by atomic mass is 19.1. The molecule has 4 aromatic rings. The number of rotatable bonds is 7. The third kappa shape index (κ3) is 5.15. The van der Waals surface area contributed by atoms with Gasteiger partial charge in [0.15, 0.2) is 5.79 Å². The molecule has 0 radical (unpaired) electrons. The van der Waals surface area contributed by atoms with E-state index >= 15 is 0 Å². The summed E-state index contributed by atoms with van der Waals surface area (Å²) in [6, 6.07) is 22.7. The first kappa shape index (κ1) is 23.7. The summed E-state index contributed by atoms with van der Waals surface area (Å²) in [6.45, 7) is 2.83. The highest BCUT2D eigenvalue weighted by molar-refractivity contribution is 6.07. The van der Waals surface area contributed by atoms with Gasteiger partial charge in [-0.2, -0.15) is 0 Å². The third-order valence-electron chi connectivity index (χ3n) is 6.12. The van der Waals surface area contributed by atoms with Gasteiger partial charge in [0.25, 0.3) is 5.91 Å². The second-order valence-corrected chi connectivity index (χ2v) is 8.86. The van der Waals surface area contributed by atoms with Crippen molar-refractivity contribution in [3.63, 3.8) is 0 Å². The number of hydrogen-bond acceptors (Lipinski definition) is 4. The molecule has 1 aliphatic heterocycles. The Labute approximate surface area is 207 Å². The van der Waals surface area contributed by atoms with Crippen molar-refractivity contribution < 1.29 is 23.5 Å². The molecule has 1 fully saturated rings. The molecule has 36 heavy (non-hydrogen) atoms. The fourth-order valence-electron chi connectivity index (χ4n) is 4.38. The number of benzene rings is 3. The summed E-state index contributed by atoms with van der Waals surface area (Å²) >= 11 is 0. The van der Waals surface area contributed by atoms with Crippen LogP contribution < -0.4 is 10.6 Å². The number of carbonyl (C=O) groups excluding carboxylic acids is 2. The first-order valence-corrected chi connectivity index (χ1v) is 11.7. The average molecular weight is 488 g/mol. The highest BCUT2D eigenvalue weighted by Gasteiger charge is 2.33. The first-order valence-electron chi connectivity index (χ1n) is 11.7. The highest BCUT2D eigenvalue weighted by Crippen LogP contribution is 2.27. The molecule has 0 saturated carbocycles. The minimum absolute atomic E-state index is 0.0596. The van der Waals surface area contributed by atoms with E-state index in [2.05, 4.69) is 10.6 Å². The van der Waals surface area contributed by atoms with Crippen LogP contribution in [0.5, 0.6) is 0 Å². The Hall–Kier alpha value is -4.01. The second kappa shape index (κ2) is 9.93. The van der Waals surface area contributed by atoms with E-state index in [-0.39, 0.29) is 30.6 Å². The topological polar surface area (TPSA) is 81.6 Å². The van der Waals surface area contributed by atoms with E-state index in [1.165, 1.54) is 6.07 Å². The fourth-order valence-corrected chi connectivity index (χ4v) is 4.38. The number of halogens is 1. The van der Waals surface area contributed by atoms with Crippen LogP contribution in [-0.2, 0) is 20.8 Å². The van der Waals surface area contributed by atoms with Crippen molar-refractivity contribution in [1.82, 2.24) is 4.57 Å². The molecular weight excluding hydrogens is 461 g/mol. The Morgan fingerprint density at radius 1 is 0.917 bits per heavy atom. The maximum atomic E-state index is 14.5. The molecule has 1 aromatic heterocycles. The monoisotopic (exact) mass is 487 g/mol. The summed E-state index contributed by atoms with van der Waals surface area (Å²) < 4.78 is 27.3. The van der Waals surface area contributed by atoms with E-state index in [1.807, 2.05) is 24.3 Å². The van der Waals surface area contributed by atoms with Gasteiger partial charge in [0.05, 0.1) is 26.2 Å². The number of ether oxygens (including phenoxy) is 2. The van der Waals surface area contributed by atoms with Gasteiger partial charge < -0.3 is 24.7 Å². The van der Waals surface area contributed by atoms with Gasteiger partial charge in [-0.1, -0.05) is 36.4 Å². The van der Waals surface area contributed by atoms with Crippen LogP contribution in [0.25, 0.3) is 10.9 Å². The predicted octanol–water partition coefficient (Wildman–Crippen LogP) is 5.17. The van der Waals surface area contributed by atoms with Crippen LogP contribution >= 0.6 is 0 Å². The molecule has 2 heterocycles. The van der Waals surface area contributed by atoms with E-state index in [0.29, 0.717) is 35.8 Å². The average Bonchev–Trinajstić information content (AvgIpc) is 3.44. The van der Waals surface area contributed by atoms with Crippen molar-refractivity contribution in [2.24, 2.45) is 0 Å². The summed E-state index contributed by atoms with van der Waals surface area (Å²) in [7, 11) is 0. The number of fused-ring (bicyclic) bond motifs is 1. The standard InChI is InChI=1S/C28H26FN3O4/c1-28(35-13-14-36-28)17-26(33)30-22-11-12-24-20(15-22)16-25(27(34)31-21-8-3-2-4-9-21)32(24)18-19-7-5-6-10-23(19)29/h2-12,15-16H,13-14,17-18H2,1H3,(H,30,33)(H,31,34). The normalized spacial score (nSPS) is 14.6. The Bertz CT molecular complexity index is 1410. The van der Waals surface area contributed by atoms with Gasteiger partial charge >= 0.3 is 0 Å². The molecule has 2 N–H and O–H groups in total. The molecule has 184 valence electrons. The number of amides is 2. The van der Waals surface area contributed by atoms with Crippen LogP contribution in [0.1, 0.15) is 29.4 Å². The number of nitrogens with one attached hydrogen (secondary N) is 2. The summed E-state index contributed by atoms with van der Waals surface area (Å²) in [4.78, 5) is 25.8. The molecule has 1 aliphatic rings. The predicted molar refractivity (Wildman–Crippen MR) is 135 cm³/mol. The lowest BCUT2D eigenvalue weighted by Crippen LogP contribution is -2.31. The molecule has 2 amide bonds. The summed E-state index contributed by atoms with van der Waals surface area (Å²) in [6.07, 6.45) is 0.0596. The van der Waals surface area contributed by atoms with Crippen LogP contribution in [0.3, 0.4) is 0 Å². The van der Waals surface area contributed by atoms with Crippen LogP contribution in [0, 0.1) is 5.82 Å². The molecular formula is C28H26FN3O4. The van der Waals surface area contributed by atoms with Crippen LogP contribution in [0.15, 0.2) is 78.9 Å². The first-order chi connectivity index (χ1) is 17.4. The Kier molecular flexibility index (Phi) is 6.54. The lowest BCUT2D eigenvalue weighted by Gasteiger charge is -2.21. The fraction of sp³-hybridized carbons (Fsp3) is 0.214. The largest absolute Gasteiger partial charge is 0.347 e. The molecule has 0 atom stereocenters. The molecule has 0 aliphatic carbocycles. The van der Waals surface area contributed by atoms with Crippen molar-refractivity contribution in [2.75, 3.05) is 23.8 Å². The number of aromatic nitrogens is 1. The number of nitrogens with zero attached hydrogens (tertiary/aromatic N) is 1. The Morgan fingerprint density at radius 2 is 1.64 bits per heavy atom. The van der Waals surface area contributed by atoms with Crippen molar-refractivity contribution >= 4 is 34.1 Å². The van der Waals surface area contributed by atoms with Crippen LogP contribution in [0.2, 0.25) is 0 Å². The smallest absolute Gasteiger partial charge is 0.272 e. The molecule has 0 spiro atoms. The van der Waals surface area contributed by atoms with Gasteiger partial charge in [0, 0.05) is 27.8 Å². The Balaban J connectivity index is 1.46. The number of hydrogen-bond donors (Lipinski definition) is 2. The van der Waals surface area contributed by atoms with E-state index in [0.717, 1.165) is 10.9 Å². The summed E-state index contributed by atoms with van der Waals surface area (Å²) in [5.41, 5.74) is 2.81. The van der Waals surface area contributed by atoms with E-state index in [9.17, 15) is 14.0 Å². The quantitative estimate of drug-likeness (QED) is 0.377. The third-order valence-corrected chi connectivity index (χ3v) is 6.12. The lowest BCUT2D eigenvalue weighted by atomic mass is 10.2.